The Morgan fingerprint density at radius 2 is 1.89 bits per heavy atom. The minimum atomic E-state index is 0.0675. The SMILES string of the molecule is Cc1cnc(N2C[C@@H]3C(NC(=O)C(C)C)[C@@H]3C2)nc1. The van der Waals surface area contributed by atoms with Crippen LogP contribution < -0.4 is 10.2 Å². The maximum atomic E-state index is 11.7. The van der Waals surface area contributed by atoms with Crippen LogP contribution in [0.4, 0.5) is 5.95 Å². The summed E-state index contributed by atoms with van der Waals surface area (Å²) in [5, 5.41) is 3.13. The van der Waals surface area contributed by atoms with Gasteiger partial charge in [-0.15, -0.1) is 0 Å². The first-order chi connectivity index (χ1) is 9.06. The third-order valence-electron chi connectivity index (χ3n) is 4.08. The van der Waals surface area contributed by atoms with Gasteiger partial charge in [-0.2, -0.15) is 0 Å². The number of hydrogen-bond donors (Lipinski definition) is 1. The maximum absolute atomic E-state index is 11.7. The van der Waals surface area contributed by atoms with Crippen LogP contribution in [0.15, 0.2) is 12.4 Å². The largest absolute Gasteiger partial charge is 0.352 e. The number of piperidine rings is 1. The summed E-state index contributed by atoms with van der Waals surface area (Å²) in [6.45, 7) is 7.76. The molecule has 1 saturated carbocycles. The summed E-state index contributed by atoms with van der Waals surface area (Å²) in [5.41, 5.74) is 1.08. The summed E-state index contributed by atoms with van der Waals surface area (Å²) in [5.74, 6) is 2.20. The maximum Gasteiger partial charge on any atom is 0.225 e. The normalized spacial score (nSPS) is 28.4. The number of fused-ring (bicyclic) bond motifs is 1. The van der Waals surface area contributed by atoms with Crippen LogP contribution in [0.2, 0.25) is 0 Å². The molecule has 3 atom stereocenters. The standard InChI is InChI=1S/C14H20N4O/c1-8(2)13(19)17-12-10-6-18(7-11(10)12)14-15-4-9(3)5-16-14/h4-5,8,10-12H,6-7H2,1-3H3,(H,17,19)/t10-,11+,12?. The van der Waals surface area contributed by atoms with Crippen LogP contribution >= 0.6 is 0 Å². The molecule has 2 aliphatic rings. The van der Waals surface area contributed by atoms with Crippen molar-refractivity contribution in [2.45, 2.75) is 26.8 Å². The molecule has 3 rings (SSSR count). The zero-order valence-electron chi connectivity index (χ0n) is 11.6. The number of aromatic nitrogens is 2. The molecule has 1 aliphatic carbocycles. The molecule has 19 heavy (non-hydrogen) atoms. The number of nitrogens with one attached hydrogen (secondary N) is 1. The molecule has 1 unspecified atom stereocenters. The van der Waals surface area contributed by atoms with E-state index in [2.05, 4.69) is 20.2 Å². The molecule has 0 spiro atoms. The molecule has 2 heterocycles. The zero-order valence-corrected chi connectivity index (χ0v) is 11.6. The summed E-state index contributed by atoms with van der Waals surface area (Å²) >= 11 is 0. The molecule has 102 valence electrons. The summed E-state index contributed by atoms with van der Waals surface area (Å²) in [6, 6.07) is 0.372. The fraction of sp³-hybridized carbons (Fsp3) is 0.643. The van der Waals surface area contributed by atoms with E-state index in [0.717, 1.165) is 24.6 Å². The number of carbonyl (C=O) groups is 1. The van der Waals surface area contributed by atoms with Crippen LogP contribution in [0.25, 0.3) is 0 Å². The molecule has 1 saturated heterocycles. The van der Waals surface area contributed by atoms with E-state index in [1.165, 1.54) is 0 Å². The Balaban J connectivity index is 1.56. The van der Waals surface area contributed by atoms with Gasteiger partial charge >= 0.3 is 0 Å². The first kappa shape index (κ1) is 12.4. The summed E-state index contributed by atoms with van der Waals surface area (Å²) < 4.78 is 0. The van der Waals surface area contributed by atoms with E-state index in [9.17, 15) is 4.79 Å². The van der Waals surface area contributed by atoms with Crippen molar-refractivity contribution in [1.82, 2.24) is 15.3 Å². The number of nitrogens with zero attached hydrogens (tertiary/aromatic N) is 3. The van der Waals surface area contributed by atoms with Gasteiger partial charge in [0.2, 0.25) is 11.9 Å². The lowest BCUT2D eigenvalue weighted by Crippen LogP contribution is -2.37. The lowest BCUT2D eigenvalue weighted by molar-refractivity contribution is -0.124. The second-order valence-corrected chi connectivity index (χ2v) is 5.98. The van der Waals surface area contributed by atoms with E-state index in [1.54, 1.807) is 0 Å². The minimum absolute atomic E-state index is 0.0675. The van der Waals surface area contributed by atoms with Gasteiger partial charge in [0.05, 0.1) is 0 Å². The van der Waals surface area contributed by atoms with Crippen LogP contribution in [0.1, 0.15) is 19.4 Å². The molecule has 1 aromatic rings. The van der Waals surface area contributed by atoms with Gasteiger partial charge in [0.1, 0.15) is 0 Å². The second kappa shape index (κ2) is 4.47. The number of anilines is 1. The van der Waals surface area contributed by atoms with Crippen molar-refractivity contribution in [3.63, 3.8) is 0 Å². The molecular weight excluding hydrogens is 240 g/mol. The van der Waals surface area contributed by atoms with Crippen molar-refractivity contribution >= 4 is 11.9 Å². The molecule has 0 radical (unpaired) electrons. The van der Waals surface area contributed by atoms with Crippen molar-refractivity contribution in [2.24, 2.45) is 17.8 Å². The summed E-state index contributed by atoms with van der Waals surface area (Å²) in [4.78, 5) is 22.6. The van der Waals surface area contributed by atoms with Gasteiger partial charge in [0.15, 0.2) is 0 Å². The second-order valence-electron chi connectivity index (χ2n) is 5.98. The van der Waals surface area contributed by atoms with Gasteiger partial charge in [-0.05, 0) is 12.5 Å². The fourth-order valence-electron chi connectivity index (χ4n) is 2.78. The number of aryl methyl sites for hydroxylation is 1. The van der Waals surface area contributed by atoms with Crippen LogP contribution in [0.3, 0.4) is 0 Å². The summed E-state index contributed by atoms with van der Waals surface area (Å²) in [7, 11) is 0. The average molecular weight is 260 g/mol. The van der Waals surface area contributed by atoms with Gasteiger partial charge in [-0.3, -0.25) is 4.79 Å². The van der Waals surface area contributed by atoms with Crippen molar-refractivity contribution in [1.29, 1.82) is 0 Å². The van der Waals surface area contributed by atoms with Crippen molar-refractivity contribution in [3.05, 3.63) is 18.0 Å². The first-order valence-electron chi connectivity index (χ1n) is 6.90. The molecule has 1 amide bonds. The van der Waals surface area contributed by atoms with Crippen molar-refractivity contribution < 1.29 is 4.79 Å². The van der Waals surface area contributed by atoms with E-state index < -0.39 is 0 Å². The third-order valence-corrected chi connectivity index (χ3v) is 4.08. The highest BCUT2D eigenvalue weighted by Gasteiger charge is 2.57. The van der Waals surface area contributed by atoms with E-state index in [4.69, 9.17) is 0 Å². The van der Waals surface area contributed by atoms with Crippen molar-refractivity contribution in [2.75, 3.05) is 18.0 Å². The highest BCUT2D eigenvalue weighted by Crippen LogP contribution is 2.46. The van der Waals surface area contributed by atoms with Gasteiger partial charge in [-0.25, -0.2) is 9.97 Å². The lowest BCUT2D eigenvalue weighted by Gasteiger charge is -2.20. The molecule has 5 heteroatoms. The molecule has 1 aliphatic heterocycles. The molecule has 1 N–H and O–H groups in total. The Bertz CT molecular complexity index is 473. The average Bonchev–Trinajstić information content (AvgIpc) is 2.84. The summed E-state index contributed by atoms with van der Waals surface area (Å²) in [6.07, 6.45) is 3.70. The minimum Gasteiger partial charge on any atom is -0.352 e. The van der Waals surface area contributed by atoms with Gasteiger partial charge < -0.3 is 10.2 Å². The van der Waals surface area contributed by atoms with Gasteiger partial charge in [-0.1, -0.05) is 13.8 Å². The first-order valence-corrected chi connectivity index (χ1v) is 6.90. The number of amides is 1. The van der Waals surface area contributed by atoms with Crippen LogP contribution in [-0.2, 0) is 4.79 Å². The fourth-order valence-corrected chi connectivity index (χ4v) is 2.78. The van der Waals surface area contributed by atoms with E-state index in [0.29, 0.717) is 17.9 Å². The van der Waals surface area contributed by atoms with Crippen LogP contribution in [-0.4, -0.2) is 35.0 Å². The zero-order chi connectivity index (χ0) is 13.6. The van der Waals surface area contributed by atoms with Gasteiger partial charge in [0.25, 0.3) is 0 Å². The van der Waals surface area contributed by atoms with Crippen LogP contribution in [0, 0.1) is 24.7 Å². The highest BCUT2D eigenvalue weighted by molar-refractivity contribution is 5.78. The third kappa shape index (κ3) is 2.29. The predicted octanol–water partition coefficient (Wildman–Crippen LogP) is 0.992. The van der Waals surface area contributed by atoms with Crippen molar-refractivity contribution in [3.8, 4) is 0 Å². The number of rotatable bonds is 3. The Hall–Kier alpha value is -1.65. The molecule has 5 nitrogen and oxygen atoms in total. The lowest BCUT2D eigenvalue weighted by atomic mass is 10.2. The molecule has 1 aromatic heterocycles. The Kier molecular flexibility index (Phi) is 2.92. The highest BCUT2D eigenvalue weighted by atomic mass is 16.2. The van der Waals surface area contributed by atoms with E-state index >= 15 is 0 Å². The Labute approximate surface area is 113 Å². The monoisotopic (exact) mass is 260 g/mol. The van der Waals surface area contributed by atoms with E-state index in [1.807, 2.05) is 33.2 Å². The quantitative estimate of drug-likeness (QED) is 0.880. The van der Waals surface area contributed by atoms with Crippen LogP contribution in [0.5, 0.6) is 0 Å². The number of hydrogen-bond acceptors (Lipinski definition) is 4. The van der Waals surface area contributed by atoms with Gasteiger partial charge in [0, 0.05) is 49.3 Å². The topological polar surface area (TPSA) is 58.1 Å². The Morgan fingerprint density at radius 1 is 1.32 bits per heavy atom. The Morgan fingerprint density at radius 3 is 2.42 bits per heavy atom. The number of carbonyl (C=O) groups excluding carboxylic acids is 1. The molecule has 0 aromatic carbocycles. The smallest absolute Gasteiger partial charge is 0.225 e. The molecule has 2 fully saturated rings. The predicted molar refractivity (Wildman–Crippen MR) is 72.7 cm³/mol. The van der Waals surface area contributed by atoms with E-state index in [-0.39, 0.29) is 11.8 Å². The molecular formula is C14H20N4O. The molecule has 0 bridgehead atoms.